The Morgan fingerprint density at radius 2 is 2.00 bits per heavy atom. The Bertz CT molecular complexity index is 529. The highest BCUT2D eigenvalue weighted by Crippen LogP contribution is 2.11. The third-order valence-corrected chi connectivity index (χ3v) is 3.01. The van der Waals surface area contributed by atoms with E-state index < -0.39 is 0 Å². The number of carbonyl (C=O) groups excluding carboxylic acids is 2. The monoisotopic (exact) mass is 309 g/mol. The lowest BCUT2D eigenvalue weighted by Crippen LogP contribution is -2.40. The van der Waals surface area contributed by atoms with Crippen LogP contribution in [0.2, 0.25) is 5.02 Å². The molecule has 0 unspecified atom stereocenters. The molecule has 0 radical (unpaired) electrons. The van der Waals surface area contributed by atoms with Gasteiger partial charge < -0.3 is 15.1 Å². The summed E-state index contributed by atoms with van der Waals surface area (Å²) >= 11 is 5.87. The molecule has 0 heterocycles. The number of nitrogens with one attached hydrogen (secondary N) is 1. The van der Waals surface area contributed by atoms with Crippen LogP contribution in [0.15, 0.2) is 30.3 Å². The molecule has 1 N–H and O–H groups in total. The first-order chi connectivity index (χ1) is 9.90. The molecular weight excluding hydrogens is 290 g/mol. The van der Waals surface area contributed by atoms with E-state index in [4.69, 9.17) is 11.6 Å². The Morgan fingerprint density at radius 3 is 2.62 bits per heavy atom. The van der Waals surface area contributed by atoms with Crippen LogP contribution in [-0.4, -0.2) is 56.0 Å². The van der Waals surface area contributed by atoms with Gasteiger partial charge in [-0.05, 0) is 23.8 Å². The standard InChI is InChI=1S/C15H20ClN3O2/c1-18(2)15(21)17-9-10-19(3)14(20)8-7-12-5-4-6-13(16)11-12/h4-8,11H,9-10H2,1-3H3,(H,17,21). The van der Waals surface area contributed by atoms with Crippen molar-refractivity contribution in [3.8, 4) is 0 Å². The van der Waals surface area contributed by atoms with Crippen molar-refractivity contribution in [3.05, 3.63) is 40.9 Å². The number of hydrogen-bond acceptors (Lipinski definition) is 2. The Morgan fingerprint density at radius 1 is 1.29 bits per heavy atom. The number of nitrogens with zero attached hydrogens (tertiary/aromatic N) is 2. The smallest absolute Gasteiger partial charge is 0.316 e. The lowest BCUT2D eigenvalue weighted by atomic mass is 10.2. The Kier molecular flexibility index (Phi) is 6.75. The zero-order valence-corrected chi connectivity index (χ0v) is 13.2. The van der Waals surface area contributed by atoms with Crippen LogP contribution >= 0.6 is 11.6 Å². The van der Waals surface area contributed by atoms with Crippen LogP contribution in [0.25, 0.3) is 6.08 Å². The Labute approximate surface area is 130 Å². The van der Waals surface area contributed by atoms with Gasteiger partial charge in [0.15, 0.2) is 0 Å². The first-order valence-electron chi connectivity index (χ1n) is 6.54. The van der Waals surface area contributed by atoms with Crippen molar-refractivity contribution in [3.63, 3.8) is 0 Å². The highest BCUT2D eigenvalue weighted by molar-refractivity contribution is 6.30. The van der Waals surface area contributed by atoms with Crippen molar-refractivity contribution in [2.24, 2.45) is 0 Å². The molecule has 1 aromatic rings. The lowest BCUT2D eigenvalue weighted by Gasteiger charge is -2.17. The third kappa shape index (κ3) is 6.31. The van der Waals surface area contributed by atoms with E-state index in [0.29, 0.717) is 18.1 Å². The summed E-state index contributed by atoms with van der Waals surface area (Å²) in [7, 11) is 5.02. The quantitative estimate of drug-likeness (QED) is 0.847. The maximum atomic E-state index is 11.9. The second kappa shape index (κ2) is 8.32. The van der Waals surface area contributed by atoms with Gasteiger partial charge in [-0.3, -0.25) is 4.79 Å². The predicted molar refractivity (Wildman–Crippen MR) is 85.2 cm³/mol. The van der Waals surface area contributed by atoms with Crippen molar-refractivity contribution in [2.45, 2.75) is 0 Å². The number of rotatable bonds is 5. The lowest BCUT2D eigenvalue weighted by molar-refractivity contribution is -0.124. The van der Waals surface area contributed by atoms with E-state index in [1.54, 1.807) is 39.4 Å². The summed E-state index contributed by atoms with van der Waals surface area (Å²) in [5, 5.41) is 3.33. The molecule has 0 bridgehead atoms. The van der Waals surface area contributed by atoms with Gasteiger partial charge in [-0.25, -0.2) is 4.79 Å². The van der Waals surface area contributed by atoms with E-state index in [0.717, 1.165) is 5.56 Å². The number of hydrogen-bond donors (Lipinski definition) is 1. The van der Waals surface area contributed by atoms with Gasteiger partial charge >= 0.3 is 6.03 Å². The first-order valence-corrected chi connectivity index (χ1v) is 6.92. The van der Waals surface area contributed by atoms with Crippen molar-refractivity contribution >= 4 is 29.6 Å². The van der Waals surface area contributed by atoms with Crippen LogP contribution < -0.4 is 5.32 Å². The summed E-state index contributed by atoms with van der Waals surface area (Å²) in [6, 6.07) is 7.08. The first kappa shape index (κ1) is 17.0. The topological polar surface area (TPSA) is 52.7 Å². The van der Waals surface area contributed by atoms with E-state index in [-0.39, 0.29) is 11.9 Å². The molecule has 0 saturated heterocycles. The minimum absolute atomic E-state index is 0.130. The van der Waals surface area contributed by atoms with Crippen LogP contribution in [-0.2, 0) is 4.79 Å². The second-order valence-electron chi connectivity index (χ2n) is 4.77. The largest absolute Gasteiger partial charge is 0.340 e. The van der Waals surface area contributed by atoms with Gasteiger partial charge in [-0.2, -0.15) is 0 Å². The fraction of sp³-hybridized carbons (Fsp3) is 0.333. The molecule has 0 fully saturated rings. The van der Waals surface area contributed by atoms with Crippen LogP contribution in [0.1, 0.15) is 5.56 Å². The fourth-order valence-corrected chi connectivity index (χ4v) is 1.70. The number of carbonyl (C=O) groups is 2. The maximum absolute atomic E-state index is 11.9. The van der Waals surface area contributed by atoms with Crippen LogP contribution in [0.3, 0.4) is 0 Å². The maximum Gasteiger partial charge on any atom is 0.316 e. The summed E-state index contributed by atoms with van der Waals surface area (Å²) in [5.41, 5.74) is 0.866. The zero-order valence-electron chi connectivity index (χ0n) is 12.5. The van der Waals surface area contributed by atoms with Gasteiger partial charge in [-0.15, -0.1) is 0 Å². The van der Waals surface area contributed by atoms with Gasteiger partial charge in [0.1, 0.15) is 0 Å². The summed E-state index contributed by atoms with van der Waals surface area (Å²) in [6.45, 7) is 0.850. The molecule has 1 aromatic carbocycles. The molecule has 0 aliphatic heterocycles. The van der Waals surface area contributed by atoms with Gasteiger partial charge in [0.05, 0.1) is 0 Å². The van der Waals surface area contributed by atoms with E-state index in [1.165, 1.54) is 15.9 Å². The van der Waals surface area contributed by atoms with Crippen LogP contribution in [0.4, 0.5) is 4.79 Å². The second-order valence-corrected chi connectivity index (χ2v) is 5.21. The molecule has 0 aliphatic rings. The van der Waals surface area contributed by atoms with E-state index in [9.17, 15) is 9.59 Å². The van der Waals surface area contributed by atoms with Gasteiger partial charge in [0.25, 0.3) is 0 Å². The fourth-order valence-electron chi connectivity index (χ4n) is 1.50. The molecule has 0 aromatic heterocycles. The Balaban J connectivity index is 2.42. The normalized spacial score (nSPS) is 10.5. The van der Waals surface area contributed by atoms with E-state index >= 15 is 0 Å². The molecule has 3 amide bonds. The molecule has 0 atom stereocenters. The Hall–Kier alpha value is -2.01. The number of amides is 3. The molecule has 1 rings (SSSR count). The van der Waals surface area contributed by atoms with Gasteiger partial charge in [0, 0.05) is 45.3 Å². The molecule has 5 nitrogen and oxygen atoms in total. The summed E-state index contributed by atoms with van der Waals surface area (Å²) in [6.07, 6.45) is 3.20. The zero-order chi connectivity index (χ0) is 15.8. The summed E-state index contributed by atoms with van der Waals surface area (Å²) in [4.78, 5) is 26.2. The molecule has 6 heteroatoms. The molecule has 21 heavy (non-hydrogen) atoms. The summed E-state index contributed by atoms with van der Waals surface area (Å²) in [5.74, 6) is -0.130. The molecule has 0 aliphatic carbocycles. The summed E-state index contributed by atoms with van der Waals surface area (Å²) < 4.78 is 0. The number of benzene rings is 1. The van der Waals surface area contributed by atoms with Crippen molar-refractivity contribution in [2.75, 3.05) is 34.2 Å². The van der Waals surface area contributed by atoms with E-state index in [2.05, 4.69) is 5.32 Å². The van der Waals surface area contributed by atoms with Crippen LogP contribution in [0.5, 0.6) is 0 Å². The number of urea groups is 1. The molecule has 0 saturated carbocycles. The minimum atomic E-state index is -0.176. The highest BCUT2D eigenvalue weighted by atomic mass is 35.5. The number of halogens is 1. The number of likely N-dealkylation sites (N-methyl/N-ethyl adjacent to an activating group) is 1. The third-order valence-electron chi connectivity index (χ3n) is 2.77. The highest BCUT2D eigenvalue weighted by Gasteiger charge is 2.06. The van der Waals surface area contributed by atoms with Crippen molar-refractivity contribution in [1.82, 2.24) is 15.1 Å². The molecule has 114 valence electrons. The van der Waals surface area contributed by atoms with Gasteiger partial charge in [0.2, 0.25) is 5.91 Å². The van der Waals surface area contributed by atoms with Crippen LogP contribution in [0, 0.1) is 0 Å². The molecule has 0 spiro atoms. The average molecular weight is 310 g/mol. The van der Waals surface area contributed by atoms with Gasteiger partial charge in [-0.1, -0.05) is 23.7 Å². The van der Waals surface area contributed by atoms with Crippen molar-refractivity contribution in [1.29, 1.82) is 0 Å². The molecular formula is C15H20ClN3O2. The predicted octanol–water partition coefficient (Wildman–Crippen LogP) is 2.08. The van der Waals surface area contributed by atoms with E-state index in [1.807, 2.05) is 12.1 Å². The SMILES string of the molecule is CN(C)C(=O)NCCN(C)C(=O)C=Cc1cccc(Cl)c1. The average Bonchev–Trinajstić information content (AvgIpc) is 2.44. The minimum Gasteiger partial charge on any atom is -0.340 e. The van der Waals surface area contributed by atoms with Crippen molar-refractivity contribution < 1.29 is 9.59 Å².